The molecule has 20 heavy (non-hydrogen) atoms. The van der Waals surface area contributed by atoms with Crippen molar-refractivity contribution in [3.8, 4) is 17.1 Å². The molecule has 0 amide bonds. The molecule has 3 nitrogen and oxygen atoms in total. The molecule has 3 rings (SSSR count). The van der Waals surface area contributed by atoms with Gasteiger partial charge in [0.2, 0.25) is 0 Å². The van der Waals surface area contributed by atoms with Crippen molar-refractivity contribution >= 4 is 19.7 Å². The van der Waals surface area contributed by atoms with Crippen molar-refractivity contribution in [2.75, 3.05) is 0 Å². The van der Waals surface area contributed by atoms with Crippen LogP contribution in [0.2, 0.25) is 5.82 Å². The molecule has 1 aromatic heterocycles. The van der Waals surface area contributed by atoms with Crippen LogP contribution in [0.5, 0.6) is 0 Å². The Morgan fingerprint density at radius 3 is 2.15 bits per heavy atom. The van der Waals surface area contributed by atoms with E-state index in [0.717, 1.165) is 16.2 Å². The van der Waals surface area contributed by atoms with Gasteiger partial charge < -0.3 is 0 Å². The van der Waals surface area contributed by atoms with Gasteiger partial charge in [0.25, 0.3) is 0 Å². The number of benzene rings is 2. The summed E-state index contributed by atoms with van der Waals surface area (Å²) in [5.41, 5.74) is 2.35. The molecule has 0 bridgehead atoms. The molecule has 0 aliphatic rings. The van der Waals surface area contributed by atoms with Gasteiger partial charge in [-0.25, -0.2) is 0 Å². The summed E-state index contributed by atoms with van der Waals surface area (Å²) in [6.45, 7) is 0. The monoisotopic (exact) mass is 330 g/mol. The molecule has 100 valence electrons. The second-order valence-electron chi connectivity index (χ2n) is 4.47. The van der Waals surface area contributed by atoms with E-state index in [9.17, 15) is 0 Å². The average molecular weight is 329 g/mol. The number of rotatable bonds is 3. The molecule has 0 saturated carbocycles. The number of para-hydroxylation sites is 1. The van der Waals surface area contributed by atoms with E-state index in [2.05, 4.69) is 64.0 Å². The summed E-state index contributed by atoms with van der Waals surface area (Å²) < 4.78 is 5.36. The molecule has 1 heterocycles. The summed E-state index contributed by atoms with van der Waals surface area (Å²) in [5, 5.41) is 4.69. The van der Waals surface area contributed by atoms with Gasteiger partial charge in [0.15, 0.2) is 0 Å². The normalized spacial score (nSPS) is 10.7. The van der Waals surface area contributed by atoms with E-state index < -0.39 is 0 Å². The van der Waals surface area contributed by atoms with Crippen LogP contribution in [0.1, 0.15) is 0 Å². The summed E-state index contributed by atoms with van der Waals surface area (Å²) in [4.78, 5) is 0. The van der Waals surface area contributed by atoms with Crippen LogP contribution in [-0.4, -0.2) is 24.7 Å². The quantitative estimate of drug-likeness (QED) is 0.530. The van der Waals surface area contributed by atoms with Crippen molar-refractivity contribution in [1.82, 2.24) is 9.78 Å². The minimum atomic E-state index is 0.334. The molecule has 3 aromatic rings. The van der Waals surface area contributed by atoms with Gasteiger partial charge in [-0.05, 0) is 0 Å². The van der Waals surface area contributed by atoms with Crippen LogP contribution in [0.3, 0.4) is 0 Å². The fraction of sp³-hybridized carbons (Fsp3) is 0.125. The Balaban J connectivity index is 2.27. The van der Waals surface area contributed by atoms with Crippen molar-refractivity contribution in [2.45, 2.75) is 5.82 Å². The first-order valence-corrected chi connectivity index (χ1v) is 9.02. The Morgan fingerprint density at radius 2 is 1.55 bits per heavy atom. The molecule has 2 aromatic carbocycles. The minimum absolute atomic E-state index is 0.334. The van der Waals surface area contributed by atoms with Crippen LogP contribution in [0.25, 0.3) is 17.1 Å². The third-order valence-electron chi connectivity index (χ3n) is 3.17. The number of aryl methyl sites for hydroxylation is 1. The van der Waals surface area contributed by atoms with Crippen LogP contribution in [0, 0.1) is 0 Å². The topological polar surface area (TPSA) is 21.7 Å². The maximum absolute atomic E-state index is 4.69. The Labute approximate surface area is 125 Å². The Hall–Kier alpha value is -1.90. The maximum atomic E-state index is 4.69. The zero-order chi connectivity index (χ0) is 13.9. The third-order valence-corrected chi connectivity index (χ3v) is 4.49. The fourth-order valence-electron chi connectivity index (χ4n) is 2.30. The molecule has 0 fully saturated rings. The molecule has 0 aliphatic carbocycles. The Morgan fingerprint density at radius 1 is 0.950 bits per heavy atom. The number of nitrogens with zero attached hydrogens (tertiary/aromatic N) is 3. The van der Waals surface area contributed by atoms with E-state index in [4.69, 9.17) is 0 Å². The second kappa shape index (κ2) is 5.61. The summed E-state index contributed by atoms with van der Waals surface area (Å²) in [7, 11) is 2.01. The van der Waals surface area contributed by atoms with Crippen molar-refractivity contribution in [2.24, 2.45) is 7.05 Å². The fourth-order valence-corrected chi connectivity index (χ4v) is 3.51. The number of hydrogen-bond donors (Lipinski definition) is 0. The van der Waals surface area contributed by atoms with Gasteiger partial charge in [0.1, 0.15) is 0 Å². The molecular weight excluding hydrogens is 313 g/mol. The van der Waals surface area contributed by atoms with Gasteiger partial charge in [0, 0.05) is 0 Å². The van der Waals surface area contributed by atoms with Crippen LogP contribution in [0.4, 0.5) is 0 Å². The van der Waals surface area contributed by atoms with Crippen molar-refractivity contribution < 1.29 is 4.57 Å². The second-order valence-corrected chi connectivity index (χ2v) is 6.09. The first-order chi connectivity index (χ1) is 9.81. The molecule has 0 saturated heterocycles. The molecule has 0 unspecified atom stereocenters. The molecule has 0 radical (unpaired) electrons. The summed E-state index contributed by atoms with van der Waals surface area (Å²) in [6, 6.07) is 20.9. The number of hydrogen-bond acceptors (Lipinski definition) is 1. The summed E-state index contributed by atoms with van der Waals surface area (Å²) in [6.07, 6.45) is 0. The third kappa shape index (κ3) is 2.28. The van der Waals surface area contributed by atoms with E-state index in [0.29, 0.717) is 15.0 Å². The van der Waals surface area contributed by atoms with E-state index in [1.165, 1.54) is 5.56 Å². The Bertz CT molecular complexity index is 705. The van der Waals surface area contributed by atoms with Gasteiger partial charge in [-0.15, -0.1) is 0 Å². The van der Waals surface area contributed by atoms with Crippen molar-refractivity contribution in [3.63, 3.8) is 0 Å². The van der Waals surface area contributed by atoms with Gasteiger partial charge in [0.05, 0.1) is 0 Å². The molecule has 0 atom stereocenters. The van der Waals surface area contributed by atoms with Crippen LogP contribution >= 0.6 is 0 Å². The van der Waals surface area contributed by atoms with E-state index in [1.807, 2.05) is 23.9 Å². The van der Waals surface area contributed by atoms with Gasteiger partial charge in [-0.3, -0.25) is 0 Å². The van der Waals surface area contributed by atoms with E-state index in [1.54, 1.807) is 0 Å². The Kier molecular flexibility index (Phi) is 3.68. The van der Waals surface area contributed by atoms with Crippen molar-refractivity contribution in [1.29, 1.82) is 0 Å². The number of aromatic nitrogens is 3. The van der Waals surface area contributed by atoms with Gasteiger partial charge >= 0.3 is 125 Å². The summed E-state index contributed by atoms with van der Waals surface area (Å²) in [5.74, 6) is 3.32. The molecular formula is C16H16N3Se+. The van der Waals surface area contributed by atoms with Crippen LogP contribution in [-0.2, 0) is 7.05 Å². The van der Waals surface area contributed by atoms with Gasteiger partial charge in [-0.1, -0.05) is 0 Å². The standard InChI is InChI=1S/C16H16N3Se/c1-18-15(13-9-5-3-6-10-13)19(16(17-18)20-2)14-11-7-4-8-12-14/h3-12H,1-2H3/q+1. The van der Waals surface area contributed by atoms with Crippen LogP contribution in [0.15, 0.2) is 60.7 Å². The molecule has 0 aliphatic heterocycles. The predicted octanol–water partition coefficient (Wildman–Crippen LogP) is 1.74. The summed E-state index contributed by atoms with van der Waals surface area (Å²) >= 11 is 0.334. The van der Waals surface area contributed by atoms with E-state index in [-0.39, 0.29) is 0 Å². The molecule has 0 spiro atoms. The van der Waals surface area contributed by atoms with Crippen molar-refractivity contribution in [3.05, 3.63) is 60.7 Å². The first-order valence-electron chi connectivity index (χ1n) is 6.45. The van der Waals surface area contributed by atoms with Crippen LogP contribution < -0.4 is 9.29 Å². The van der Waals surface area contributed by atoms with Gasteiger partial charge in [-0.2, -0.15) is 0 Å². The van der Waals surface area contributed by atoms with E-state index >= 15 is 0 Å². The zero-order valence-corrected chi connectivity index (χ0v) is 13.2. The zero-order valence-electron chi connectivity index (χ0n) is 11.5. The average Bonchev–Trinajstić information content (AvgIpc) is 2.85. The SMILES string of the molecule is C[Se]c1nn(C)c(-c2ccccc2)[n+]1-c1ccccc1. The predicted molar refractivity (Wildman–Crippen MR) is 81.4 cm³/mol. The molecule has 4 heteroatoms. The molecule has 0 N–H and O–H groups in total. The first kappa shape index (κ1) is 13.1.